The summed E-state index contributed by atoms with van der Waals surface area (Å²) >= 11 is 0. The quantitative estimate of drug-likeness (QED) is 0.696. The van der Waals surface area contributed by atoms with Crippen LogP contribution in [0.4, 0.5) is 5.69 Å². The van der Waals surface area contributed by atoms with Crippen molar-refractivity contribution >= 4 is 5.69 Å². The van der Waals surface area contributed by atoms with E-state index < -0.39 is 0 Å². The second-order valence-corrected chi connectivity index (χ2v) is 8.73. The van der Waals surface area contributed by atoms with Crippen molar-refractivity contribution in [1.82, 2.24) is 4.90 Å². The molecule has 1 fully saturated rings. The SMILES string of the molecule is CC(C)CN1CCCc2cccc(OCC3CN(Cc4ccccc4)CCO3)c21. The van der Waals surface area contributed by atoms with E-state index in [4.69, 9.17) is 9.47 Å². The van der Waals surface area contributed by atoms with E-state index >= 15 is 0 Å². The summed E-state index contributed by atoms with van der Waals surface area (Å²) in [5, 5.41) is 0. The Morgan fingerprint density at radius 3 is 2.76 bits per heavy atom. The Labute approximate surface area is 175 Å². The van der Waals surface area contributed by atoms with Gasteiger partial charge in [0.05, 0.1) is 12.3 Å². The third-order valence-electron chi connectivity index (χ3n) is 5.76. The molecule has 2 heterocycles. The van der Waals surface area contributed by atoms with Crippen LogP contribution in [-0.4, -0.2) is 50.4 Å². The Balaban J connectivity index is 1.39. The van der Waals surface area contributed by atoms with Crippen LogP contribution in [0.25, 0.3) is 0 Å². The number of fused-ring (bicyclic) bond motifs is 1. The Morgan fingerprint density at radius 2 is 1.93 bits per heavy atom. The highest BCUT2D eigenvalue weighted by Gasteiger charge is 2.24. The zero-order valence-corrected chi connectivity index (χ0v) is 17.8. The second kappa shape index (κ2) is 9.64. The van der Waals surface area contributed by atoms with Gasteiger partial charge in [-0.2, -0.15) is 0 Å². The first-order chi connectivity index (χ1) is 14.2. The van der Waals surface area contributed by atoms with Crippen LogP contribution in [0.2, 0.25) is 0 Å². The van der Waals surface area contributed by atoms with Gasteiger partial charge >= 0.3 is 0 Å². The molecule has 4 nitrogen and oxygen atoms in total. The van der Waals surface area contributed by atoms with Crippen LogP contribution in [0.5, 0.6) is 5.75 Å². The normalized spacial score (nSPS) is 20.0. The molecular formula is C25H34N2O2. The molecule has 0 bridgehead atoms. The third kappa shape index (κ3) is 5.31. The van der Waals surface area contributed by atoms with Crippen LogP contribution < -0.4 is 9.64 Å². The van der Waals surface area contributed by atoms with Crippen molar-refractivity contribution in [2.75, 3.05) is 44.3 Å². The molecule has 156 valence electrons. The molecule has 2 aliphatic heterocycles. The number of benzene rings is 2. The molecule has 0 radical (unpaired) electrons. The minimum atomic E-state index is 0.116. The van der Waals surface area contributed by atoms with Crippen molar-refractivity contribution in [3.63, 3.8) is 0 Å². The van der Waals surface area contributed by atoms with E-state index in [2.05, 4.69) is 72.2 Å². The lowest BCUT2D eigenvalue weighted by Crippen LogP contribution is -2.44. The highest BCUT2D eigenvalue weighted by Crippen LogP contribution is 2.37. The van der Waals surface area contributed by atoms with E-state index in [9.17, 15) is 0 Å². The maximum atomic E-state index is 6.36. The number of hydrogen-bond acceptors (Lipinski definition) is 4. The number of ether oxygens (including phenoxy) is 2. The van der Waals surface area contributed by atoms with Crippen molar-refractivity contribution in [3.8, 4) is 5.75 Å². The van der Waals surface area contributed by atoms with Crippen LogP contribution in [0.1, 0.15) is 31.4 Å². The molecule has 29 heavy (non-hydrogen) atoms. The fourth-order valence-electron chi connectivity index (χ4n) is 4.49. The third-order valence-corrected chi connectivity index (χ3v) is 5.76. The highest BCUT2D eigenvalue weighted by molar-refractivity contribution is 5.65. The summed E-state index contributed by atoms with van der Waals surface area (Å²) in [6.07, 6.45) is 2.49. The van der Waals surface area contributed by atoms with E-state index in [0.29, 0.717) is 12.5 Å². The second-order valence-electron chi connectivity index (χ2n) is 8.73. The summed E-state index contributed by atoms with van der Waals surface area (Å²) in [6, 6.07) is 17.2. The van der Waals surface area contributed by atoms with Gasteiger partial charge in [-0.3, -0.25) is 4.90 Å². The number of nitrogens with zero attached hydrogens (tertiary/aromatic N) is 2. The summed E-state index contributed by atoms with van der Waals surface area (Å²) in [6.45, 7) is 11.0. The molecule has 0 aliphatic carbocycles. The van der Waals surface area contributed by atoms with Crippen molar-refractivity contribution in [2.24, 2.45) is 5.92 Å². The van der Waals surface area contributed by atoms with E-state index in [1.807, 2.05) is 0 Å². The zero-order chi connectivity index (χ0) is 20.1. The molecule has 2 aromatic rings. The van der Waals surface area contributed by atoms with Gasteiger partial charge in [-0.1, -0.05) is 56.3 Å². The van der Waals surface area contributed by atoms with E-state index in [1.165, 1.54) is 23.2 Å². The monoisotopic (exact) mass is 394 g/mol. The van der Waals surface area contributed by atoms with Gasteiger partial charge in [0.1, 0.15) is 18.5 Å². The van der Waals surface area contributed by atoms with Gasteiger partial charge in [0.15, 0.2) is 0 Å². The highest BCUT2D eigenvalue weighted by atomic mass is 16.5. The van der Waals surface area contributed by atoms with Gasteiger partial charge in [-0.25, -0.2) is 0 Å². The van der Waals surface area contributed by atoms with Gasteiger partial charge in [0, 0.05) is 32.7 Å². The van der Waals surface area contributed by atoms with Gasteiger partial charge in [0.2, 0.25) is 0 Å². The molecule has 2 aromatic carbocycles. The number of anilines is 1. The molecule has 4 heteroatoms. The van der Waals surface area contributed by atoms with Crippen LogP contribution >= 0.6 is 0 Å². The summed E-state index contributed by atoms with van der Waals surface area (Å²) in [5.74, 6) is 1.66. The maximum absolute atomic E-state index is 6.36. The summed E-state index contributed by atoms with van der Waals surface area (Å²) in [5.41, 5.74) is 4.09. The van der Waals surface area contributed by atoms with Crippen LogP contribution in [0.15, 0.2) is 48.5 Å². The first kappa shape index (κ1) is 20.2. The number of morpholine rings is 1. The van der Waals surface area contributed by atoms with E-state index in [1.54, 1.807) is 0 Å². The van der Waals surface area contributed by atoms with Gasteiger partial charge in [-0.15, -0.1) is 0 Å². The lowest BCUT2D eigenvalue weighted by atomic mass is 10.00. The van der Waals surface area contributed by atoms with Crippen LogP contribution in [0.3, 0.4) is 0 Å². The molecule has 2 aliphatic rings. The van der Waals surface area contributed by atoms with Crippen molar-refractivity contribution in [2.45, 2.75) is 39.3 Å². The average molecular weight is 395 g/mol. The fraction of sp³-hybridized carbons (Fsp3) is 0.520. The first-order valence-corrected chi connectivity index (χ1v) is 11.1. The first-order valence-electron chi connectivity index (χ1n) is 11.1. The molecule has 1 saturated heterocycles. The largest absolute Gasteiger partial charge is 0.489 e. The molecule has 0 spiro atoms. The Kier molecular flexibility index (Phi) is 6.73. The molecule has 1 atom stereocenters. The predicted octanol–water partition coefficient (Wildman–Crippen LogP) is 4.38. The van der Waals surface area contributed by atoms with E-state index in [-0.39, 0.29) is 6.10 Å². The molecule has 0 amide bonds. The maximum Gasteiger partial charge on any atom is 0.143 e. The zero-order valence-electron chi connectivity index (χ0n) is 17.8. The van der Waals surface area contributed by atoms with Crippen molar-refractivity contribution < 1.29 is 9.47 Å². The lowest BCUT2D eigenvalue weighted by molar-refractivity contribution is -0.0503. The minimum Gasteiger partial charge on any atom is -0.489 e. The number of hydrogen-bond donors (Lipinski definition) is 0. The molecule has 0 saturated carbocycles. The number of para-hydroxylation sites is 1. The molecule has 4 rings (SSSR count). The fourth-order valence-corrected chi connectivity index (χ4v) is 4.49. The Morgan fingerprint density at radius 1 is 1.07 bits per heavy atom. The molecule has 0 N–H and O–H groups in total. The summed E-state index contributed by atoms with van der Waals surface area (Å²) in [7, 11) is 0. The molecule has 1 unspecified atom stereocenters. The van der Waals surface area contributed by atoms with Crippen LogP contribution in [-0.2, 0) is 17.7 Å². The average Bonchev–Trinajstić information content (AvgIpc) is 2.73. The smallest absolute Gasteiger partial charge is 0.143 e. The Hall–Kier alpha value is -2.04. The van der Waals surface area contributed by atoms with Crippen molar-refractivity contribution in [3.05, 3.63) is 59.7 Å². The van der Waals surface area contributed by atoms with Gasteiger partial charge < -0.3 is 14.4 Å². The molecule has 0 aromatic heterocycles. The van der Waals surface area contributed by atoms with Gasteiger partial charge in [0.25, 0.3) is 0 Å². The summed E-state index contributed by atoms with van der Waals surface area (Å²) < 4.78 is 12.4. The van der Waals surface area contributed by atoms with Crippen LogP contribution in [0, 0.1) is 5.92 Å². The summed E-state index contributed by atoms with van der Waals surface area (Å²) in [4.78, 5) is 4.99. The van der Waals surface area contributed by atoms with Crippen molar-refractivity contribution in [1.29, 1.82) is 0 Å². The standard InChI is InChI=1S/C25H34N2O2/c1-20(2)16-27-13-7-11-22-10-6-12-24(25(22)27)29-19-23-18-26(14-15-28-23)17-21-8-4-3-5-9-21/h3-6,8-10,12,20,23H,7,11,13-19H2,1-2H3. The topological polar surface area (TPSA) is 24.9 Å². The lowest BCUT2D eigenvalue weighted by Gasteiger charge is -2.35. The predicted molar refractivity (Wildman–Crippen MR) is 119 cm³/mol. The van der Waals surface area contributed by atoms with Gasteiger partial charge in [-0.05, 0) is 36.0 Å². The minimum absolute atomic E-state index is 0.116. The number of rotatable bonds is 7. The molecular weight excluding hydrogens is 360 g/mol. The van der Waals surface area contributed by atoms with E-state index in [0.717, 1.165) is 51.5 Å². The Bertz CT molecular complexity index is 778. The number of aryl methyl sites for hydroxylation is 1.